The van der Waals surface area contributed by atoms with E-state index < -0.39 is 0 Å². The maximum atomic E-state index is 12.1. The number of amides is 1. The summed E-state index contributed by atoms with van der Waals surface area (Å²) in [5.74, 6) is -0.119. The van der Waals surface area contributed by atoms with Gasteiger partial charge in [0.1, 0.15) is 0 Å². The normalized spacial score (nSPS) is 10.4. The molecule has 0 spiro atoms. The van der Waals surface area contributed by atoms with Crippen molar-refractivity contribution in [2.75, 3.05) is 11.9 Å². The number of anilines is 2. The van der Waals surface area contributed by atoms with E-state index in [1.165, 1.54) is 0 Å². The molecule has 0 aliphatic rings. The van der Waals surface area contributed by atoms with Gasteiger partial charge in [0.05, 0.1) is 27.5 Å². The van der Waals surface area contributed by atoms with Gasteiger partial charge in [0.15, 0.2) is 0 Å². The lowest BCUT2D eigenvalue weighted by Crippen LogP contribution is -2.24. The Balaban J connectivity index is 2.01. The summed E-state index contributed by atoms with van der Waals surface area (Å²) in [6.45, 7) is 2.81. The van der Waals surface area contributed by atoms with Crippen molar-refractivity contribution in [2.45, 2.75) is 26.2 Å². The quantitative estimate of drug-likeness (QED) is 0.686. The van der Waals surface area contributed by atoms with Crippen LogP contribution in [0, 0.1) is 0 Å². The third-order valence-corrected chi connectivity index (χ3v) is 4.01. The molecule has 2 rings (SSSR count). The molecule has 0 atom stereocenters. The summed E-state index contributed by atoms with van der Waals surface area (Å²) in [7, 11) is 0. The van der Waals surface area contributed by atoms with Gasteiger partial charge in [-0.25, -0.2) is 0 Å². The Labute approximate surface area is 146 Å². The zero-order valence-electron chi connectivity index (χ0n) is 12.9. The number of hydrogen-bond donors (Lipinski definition) is 2. The van der Waals surface area contributed by atoms with E-state index in [9.17, 15) is 4.79 Å². The summed E-state index contributed by atoms with van der Waals surface area (Å²) in [6, 6.07) is 7.00. The molecular formula is C17H19Cl2N3O. The zero-order chi connectivity index (χ0) is 16.7. The van der Waals surface area contributed by atoms with Crippen molar-refractivity contribution in [3.63, 3.8) is 0 Å². The van der Waals surface area contributed by atoms with E-state index >= 15 is 0 Å². The predicted molar refractivity (Wildman–Crippen MR) is 95.8 cm³/mol. The number of carbonyl (C=O) groups is 1. The SMILES string of the molecule is CCCCCNC(=O)c1cncc(Nc2ccc(Cl)c(Cl)c2)c1. The Morgan fingerprint density at radius 3 is 2.65 bits per heavy atom. The van der Waals surface area contributed by atoms with E-state index in [0.717, 1.165) is 24.9 Å². The van der Waals surface area contributed by atoms with E-state index in [4.69, 9.17) is 23.2 Å². The second kappa shape index (κ2) is 8.75. The highest BCUT2D eigenvalue weighted by Crippen LogP contribution is 2.26. The molecule has 6 heteroatoms. The molecule has 1 heterocycles. The van der Waals surface area contributed by atoms with Gasteiger partial charge in [-0.3, -0.25) is 9.78 Å². The van der Waals surface area contributed by atoms with E-state index in [1.54, 1.807) is 30.6 Å². The number of nitrogens with zero attached hydrogens (tertiary/aromatic N) is 1. The highest BCUT2D eigenvalue weighted by molar-refractivity contribution is 6.42. The minimum Gasteiger partial charge on any atom is -0.354 e. The molecule has 0 bridgehead atoms. The Hall–Kier alpha value is -1.78. The first-order chi connectivity index (χ1) is 11.1. The number of hydrogen-bond acceptors (Lipinski definition) is 3. The predicted octanol–water partition coefficient (Wildman–Crippen LogP) is 5.05. The minimum absolute atomic E-state index is 0.119. The van der Waals surface area contributed by atoms with E-state index in [-0.39, 0.29) is 5.91 Å². The molecule has 122 valence electrons. The number of pyridine rings is 1. The van der Waals surface area contributed by atoms with Gasteiger partial charge >= 0.3 is 0 Å². The van der Waals surface area contributed by atoms with Gasteiger partial charge in [-0.15, -0.1) is 0 Å². The molecule has 0 aliphatic carbocycles. The maximum absolute atomic E-state index is 12.1. The first kappa shape index (κ1) is 17.6. The molecule has 4 nitrogen and oxygen atoms in total. The molecular weight excluding hydrogens is 333 g/mol. The Bertz CT molecular complexity index is 677. The zero-order valence-corrected chi connectivity index (χ0v) is 14.4. The number of benzene rings is 1. The summed E-state index contributed by atoms with van der Waals surface area (Å²) in [6.07, 6.45) is 6.42. The van der Waals surface area contributed by atoms with Crippen LogP contribution in [0.2, 0.25) is 10.0 Å². The summed E-state index contributed by atoms with van der Waals surface area (Å²) >= 11 is 11.9. The second-order valence-corrected chi connectivity index (χ2v) is 5.99. The molecule has 0 fully saturated rings. The summed E-state index contributed by atoms with van der Waals surface area (Å²) in [5.41, 5.74) is 2.01. The molecule has 1 amide bonds. The van der Waals surface area contributed by atoms with Crippen LogP contribution in [0.5, 0.6) is 0 Å². The standard InChI is InChI=1S/C17H19Cl2N3O/c1-2-3-4-7-21-17(23)12-8-14(11-20-10-12)22-13-5-6-15(18)16(19)9-13/h5-6,8-11,22H,2-4,7H2,1H3,(H,21,23). The van der Waals surface area contributed by atoms with Gasteiger partial charge in [-0.2, -0.15) is 0 Å². The third-order valence-electron chi connectivity index (χ3n) is 3.27. The lowest BCUT2D eigenvalue weighted by atomic mass is 10.2. The fraction of sp³-hybridized carbons (Fsp3) is 0.294. The van der Waals surface area contributed by atoms with Gasteiger partial charge in [0.2, 0.25) is 0 Å². The number of carbonyl (C=O) groups excluding carboxylic acids is 1. The smallest absolute Gasteiger partial charge is 0.252 e. The second-order valence-electron chi connectivity index (χ2n) is 5.18. The Kier molecular flexibility index (Phi) is 6.68. The third kappa shape index (κ3) is 5.41. The summed E-state index contributed by atoms with van der Waals surface area (Å²) in [5, 5.41) is 7.02. The maximum Gasteiger partial charge on any atom is 0.252 e. The van der Waals surface area contributed by atoms with Crippen molar-refractivity contribution < 1.29 is 4.79 Å². The van der Waals surface area contributed by atoms with Crippen LogP contribution in [0.1, 0.15) is 36.5 Å². The molecule has 23 heavy (non-hydrogen) atoms. The fourth-order valence-electron chi connectivity index (χ4n) is 2.05. The van der Waals surface area contributed by atoms with Crippen LogP contribution in [0.4, 0.5) is 11.4 Å². The van der Waals surface area contributed by atoms with Crippen LogP contribution in [-0.4, -0.2) is 17.4 Å². The van der Waals surface area contributed by atoms with Gasteiger partial charge in [-0.05, 0) is 30.7 Å². The van der Waals surface area contributed by atoms with Crippen molar-refractivity contribution in [1.82, 2.24) is 10.3 Å². The van der Waals surface area contributed by atoms with Crippen molar-refractivity contribution >= 4 is 40.5 Å². The highest BCUT2D eigenvalue weighted by atomic mass is 35.5. The summed E-state index contributed by atoms with van der Waals surface area (Å²) in [4.78, 5) is 16.2. The van der Waals surface area contributed by atoms with E-state index in [0.29, 0.717) is 27.8 Å². The number of nitrogens with one attached hydrogen (secondary N) is 2. The van der Waals surface area contributed by atoms with Crippen LogP contribution in [0.25, 0.3) is 0 Å². The van der Waals surface area contributed by atoms with Crippen LogP contribution in [0.3, 0.4) is 0 Å². The van der Waals surface area contributed by atoms with Crippen molar-refractivity contribution in [3.8, 4) is 0 Å². The fourth-order valence-corrected chi connectivity index (χ4v) is 2.35. The molecule has 0 saturated heterocycles. The highest BCUT2D eigenvalue weighted by Gasteiger charge is 2.07. The molecule has 0 radical (unpaired) electrons. The van der Waals surface area contributed by atoms with Crippen LogP contribution in [0.15, 0.2) is 36.7 Å². The lowest BCUT2D eigenvalue weighted by molar-refractivity contribution is 0.0952. The molecule has 0 saturated carbocycles. The molecule has 2 N–H and O–H groups in total. The Morgan fingerprint density at radius 2 is 1.91 bits per heavy atom. The van der Waals surface area contributed by atoms with E-state index in [2.05, 4.69) is 22.5 Å². The van der Waals surface area contributed by atoms with Crippen LogP contribution >= 0.6 is 23.2 Å². The van der Waals surface area contributed by atoms with E-state index in [1.807, 2.05) is 6.07 Å². The molecule has 2 aromatic rings. The Morgan fingerprint density at radius 1 is 1.09 bits per heavy atom. The average molecular weight is 352 g/mol. The van der Waals surface area contributed by atoms with Crippen molar-refractivity contribution in [1.29, 1.82) is 0 Å². The monoisotopic (exact) mass is 351 g/mol. The van der Waals surface area contributed by atoms with Crippen LogP contribution in [-0.2, 0) is 0 Å². The molecule has 1 aromatic carbocycles. The molecule has 0 unspecified atom stereocenters. The van der Waals surface area contributed by atoms with Gasteiger partial charge < -0.3 is 10.6 Å². The average Bonchev–Trinajstić information content (AvgIpc) is 2.55. The van der Waals surface area contributed by atoms with Gasteiger partial charge in [-0.1, -0.05) is 43.0 Å². The first-order valence-corrected chi connectivity index (χ1v) is 8.31. The largest absolute Gasteiger partial charge is 0.354 e. The van der Waals surface area contributed by atoms with Crippen LogP contribution < -0.4 is 10.6 Å². The lowest BCUT2D eigenvalue weighted by Gasteiger charge is -2.09. The van der Waals surface area contributed by atoms with Crippen molar-refractivity contribution in [3.05, 3.63) is 52.3 Å². The van der Waals surface area contributed by atoms with Gasteiger partial charge in [0.25, 0.3) is 5.91 Å². The summed E-state index contributed by atoms with van der Waals surface area (Å²) < 4.78 is 0. The number of rotatable bonds is 7. The topological polar surface area (TPSA) is 54.0 Å². The molecule has 0 aliphatic heterocycles. The number of aromatic nitrogens is 1. The number of unbranched alkanes of at least 4 members (excludes halogenated alkanes) is 2. The number of halogens is 2. The first-order valence-electron chi connectivity index (χ1n) is 7.55. The van der Waals surface area contributed by atoms with Crippen molar-refractivity contribution in [2.24, 2.45) is 0 Å². The van der Waals surface area contributed by atoms with Gasteiger partial charge in [0, 0.05) is 18.4 Å². The molecule has 1 aromatic heterocycles. The minimum atomic E-state index is -0.119.